The largest absolute Gasteiger partial charge is 0.309 e. The number of carbonyl (C=O) groups excluding carboxylic acids is 1. The van der Waals surface area contributed by atoms with Gasteiger partial charge in [-0.2, -0.15) is 10.2 Å². The number of hydrogen-bond donors (Lipinski definition) is 1. The second-order valence-electron chi connectivity index (χ2n) is 7.25. The monoisotopic (exact) mass is 406 g/mol. The average Bonchev–Trinajstić information content (AvgIpc) is 3.22. The average molecular weight is 406 g/mol. The van der Waals surface area contributed by atoms with Gasteiger partial charge in [-0.05, 0) is 49.6 Å². The van der Waals surface area contributed by atoms with E-state index in [1.165, 1.54) is 12.1 Å². The third-order valence-electron chi connectivity index (χ3n) is 4.86. The molecule has 0 radical (unpaired) electrons. The van der Waals surface area contributed by atoms with Gasteiger partial charge >= 0.3 is 0 Å². The van der Waals surface area contributed by atoms with E-state index in [4.69, 9.17) is 0 Å². The zero-order valence-corrected chi connectivity index (χ0v) is 17.2. The summed E-state index contributed by atoms with van der Waals surface area (Å²) in [6.45, 7) is 6.60. The van der Waals surface area contributed by atoms with E-state index in [2.05, 4.69) is 27.4 Å². The third-order valence-corrected chi connectivity index (χ3v) is 4.86. The third kappa shape index (κ3) is 3.80. The first-order chi connectivity index (χ1) is 14.5. The normalized spacial score (nSPS) is 11.2. The summed E-state index contributed by atoms with van der Waals surface area (Å²) in [6.07, 6.45) is 2.60. The Bertz CT molecular complexity index is 1210. The lowest BCUT2D eigenvalue weighted by atomic mass is 10.0. The summed E-state index contributed by atoms with van der Waals surface area (Å²) in [5.74, 6) is 0.184. The highest BCUT2D eigenvalue weighted by Gasteiger charge is 2.17. The number of hydrogen-bond acceptors (Lipinski definition) is 4. The van der Waals surface area contributed by atoms with Crippen molar-refractivity contribution in [3.05, 3.63) is 59.8 Å². The molecule has 0 saturated carbocycles. The molecule has 4 rings (SSSR count). The first kappa shape index (κ1) is 19.8. The number of carbonyl (C=O) groups is 1. The van der Waals surface area contributed by atoms with Gasteiger partial charge < -0.3 is 5.32 Å². The Morgan fingerprint density at radius 1 is 1.10 bits per heavy atom. The molecule has 4 aromatic rings. The van der Waals surface area contributed by atoms with Crippen LogP contribution in [0.2, 0.25) is 0 Å². The fraction of sp³-hybridized carbons (Fsp3) is 0.273. The van der Waals surface area contributed by atoms with Crippen molar-refractivity contribution >= 4 is 22.8 Å². The van der Waals surface area contributed by atoms with Crippen LogP contribution in [0, 0.1) is 19.7 Å². The van der Waals surface area contributed by atoms with Crippen molar-refractivity contribution in [1.82, 2.24) is 24.5 Å². The Morgan fingerprint density at radius 2 is 1.87 bits per heavy atom. The van der Waals surface area contributed by atoms with Crippen LogP contribution in [0.3, 0.4) is 0 Å². The van der Waals surface area contributed by atoms with Crippen LogP contribution in [0.5, 0.6) is 0 Å². The number of anilines is 1. The number of rotatable bonds is 6. The smallest absolute Gasteiger partial charge is 0.247 e. The van der Waals surface area contributed by atoms with Gasteiger partial charge in [0.05, 0.1) is 11.4 Å². The quantitative estimate of drug-likeness (QED) is 0.523. The second-order valence-corrected chi connectivity index (χ2v) is 7.25. The van der Waals surface area contributed by atoms with Gasteiger partial charge in [0, 0.05) is 24.2 Å². The van der Waals surface area contributed by atoms with Crippen LogP contribution in [0.15, 0.2) is 42.6 Å². The van der Waals surface area contributed by atoms with Crippen LogP contribution in [0.4, 0.5) is 10.2 Å². The zero-order chi connectivity index (χ0) is 21.3. The van der Waals surface area contributed by atoms with Crippen LogP contribution >= 0.6 is 0 Å². The molecule has 1 amide bonds. The van der Waals surface area contributed by atoms with Crippen LogP contribution in [-0.2, 0) is 17.9 Å². The van der Waals surface area contributed by atoms with E-state index in [1.54, 1.807) is 27.7 Å². The lowest BCUT2D eigenvalue weighted by Gasteiger charge is -2.08. The van der Waals surface area contributed by atoms with Crippen molar-refractivity contribution in [3.8, 4) is 11.1 Å². The SMILES string of the molecule is CCCn1nc(C)cc1NC(=O)Cn1nc(C)c2c(-c3ccc(F)cc3)ccnc21. The Hall–Kier alpha value is -3.55. The molecule has 0 saturated heterocycles. The predicted molar refractivity (Wildman–Crippen MR) is 114 cm³/mol. The molecule has 30 heavy (non-hydrogen) atoms. The molecular weight excluding hydrogens is 383 g/mol. The molecule has 0 spiro atoms. The minimum Gasteiger partial charge on any atom is -0.309 e. The van der Waals surface area contributed by atoms with E-state index in [0.29, 0.717) is 11.5 Å². The van der Waals surface area contributed by atoms with E-state index >= 15 is 0 Å². The molecule has 1 N–H and O–H groups in total. The minimum atomic E-state index is -0.286. The van der Waals surface area contributed by atoms with Crippen LogP contribution in [0.1, 0.15) is 24.7 Å². The van der Waals surface area contributed by atoms with E-state index in [1.807, 2.05) is 26.0 Å². The molecule has 0 bridgehead atoms. The predicted octanol–water partition coefficient (Wildman–Crippen LogP) is 4.10. The van der Waals surface area contributed by atoms with Gasteiger partial charge in [-0.1, -0.05) is 19.1 Å². The molecule has 0 aliphatic rings. The van der Waals surface area contributed by atoms with Gasteiger partial charge in [0.25, 0.3) is 0 Å². The van der Waals surface area contributed by atoms with Crippen molar-refractivity contribution in [3.63, 3.8) is 0 Å². The highest BCUT2D eigenvalue weighted by molar-refractivity contribution is 5.96. The molecule has 154 valence electrons. The lowest BCUT2D eigenvalue weighted by molar-refractivity contribution is -0.116. The van der Waals surface area contributed by atoms with Gasteiger partial charge in [0.15, 0.2) is 5.65 Å². The van der Waals surface area contributed by atoms with Crippen molar-refractivity contribution in [2.75, 3.05) is 5.32 Å². The molecule has 8 heteroatoms. The Morgan fingerprint density at radius 3 is 2.60 bits per heavy atom. The highest BCUT2D eigenvalue weighted by atomic mass is 19.1. The maximum Gasteiger partial charge on any atom is 0.247 e. The molecule has 3 heterocycles. The maximum atomic E-state index is 13.3. The molecule has 0 aliphatic carbocycles. The van der Waals surface area contributed by atoms with Crippen molar-refractivity contribution in [2.45, 2.75) is 40.3 Å². The van der Waals surface area contributed by atoms with Crippen molar-refractivity contribution < 1.29 is 9.18 Å². The Labute approximate surface area is 173 Å². The molecular formula is C22H23FN6O. The number of aryl methyl sites for hydroxylation is 3. The van der Waals surface area contributed by atoms with Gasteiger partial charge in [-0.15, -0.1) is 0 Å². The zero-order valence-electron chi connectivity index (χ0n) is 17.2. The van der Waals surface area contributed by atoms with E-state index in [9.17, 15) is 9.18 Å². The summed E-state index contributed by atoms with van der Waals surface area (Å²) in [5.41, 5.74) is 4.00. The summed E-state index contributed by atoms with van der Waals surface area (Å²) >= 11 is 0. The van der Waals surface area contributed by atoms with Gasteiger partial charge in [0.1, 0.15) is 18.2 Å². The first-order valence-electron chi connectivity index (χ1n) is 9.88. The number of aromatic nitrogens is 5. The number of pyridine rings is 1. The molecule has 7 nitrogen and oxygen atoms in total. The maximum absolute atomic E-state index is 13.3. The van der Waals surface area contributed by atoms with E-state index < -0.39 is 0 Å². The summed E-state index contributed by atoms with van der Waals surface area (Å²) < 4.78 is 16.7. The van der Waals surface area contributed by atoms with Crippen molar-refractivity contribution in [1.29, 1.82) is 0 Å². The second kappa shape index (κ2) is 8.06. The number of nitrogens with one attached hydrogen (secondary N) is 1. The molecule has 0 fully saturated rings. The number of amides is 1. The molecule has 3 aromatic heterocycles. The number of benzene rings is 1. The molecule has 0 unspecified atom stereocenters. The number of halogens is 1. The highest BCUT2D eigenvalue weighted by Crippen LogP contribution is 2.30. The summed E-state index contributed by atoms with van der Waals surface area (Å²) in [5, 5.41) is 12.7. The van der Waals surface area contributed by atoms with Gasteiger partial charge in [-0.3, -0.25) is 4.79 Å². The standard InChI is InChI=1S/C22H23FN6O/c1-4-11-28-19(12-14(2)26-28)25-20(30)13-29-22-21(15(3)27-29)18(9-10-24-22)16-5-7-17(23)8-6-16/h5-10,12H,4,11,13H2,1-3H3,(H,25,30). The fourth-order valence-corrected chi connectivity index (χ4v) is 3.61. The summed E-state index contributed by atoms with van der Waals surface area (Å²) in [4.78, 5) is 17.2. The Kier molecular flexibility index (Phi) is 5.31. The van der Waals surface area contributed by atoms with E-state index in [0.717, 1.165) is 40.9 Å². The van der Waals surface area contributed by atoms with Crippen LogP contribution in [0.25, 0.3) is 22.2 Å². The minimum absolute atomic E-state index is 0.0283. The number of fused-ring (bicyclic) bond motifs is 1. The van der Waals surface area contributed by atoms with Gasteiger partial charge in [-0.25, -0.2) is 18.7 Å². The van der Waals surface area contributed by atoms with Crippen molar-refractivity contribution in [2.24, 2.45) is 0 Å². The Balaban J connectivity index is 1.63. The fourth-order valence-electron chi connectivity index (χ4n) is 3.61. The molecule has 0 aliphatic heterocycles. The molecule has 1 aromatic carbocycles. The topological polar surface area (TPSA) is 77.6 Å². The van der Waals surface area contributed by atoms with Gasteiger partial charge in [0.2, 0.25) is 5.91 Å². The first-order valence-corrected chi connectivity index (χ1v) is 9.88. The van der Waals surface area contributed by atoms with Crippen LogP contribution < -0.4 is 5.32 Å². The molecule has 0 atom stereocenters. The van der Waals surface area contributed by atoms with E-state index in [-0.39, 0.29) is 18.3 Å². The van der Waals surface area contributed by atoms with Crippen LogP contribution in [-0.4, -0.2) is 30.5 Å². The summed E-state index contributed by atoms with van der Waals surface area (Å²) in [7, 11) is 0. The lowest BCUT2D eigenvalue weighted by Crippen LogP contribution is -2.21. The number of nitrogens with zero attached hydrogens (tertiary/aromatic N) is 5. The summed E-state index contributed by atoms with van der Waals surface area (Å²) in [6, 6.07) is 10.0.